The molecule has 4 aromatic rings. The van der Waals surface area contributed by atoms with Crippen molar-refractivity contribution in [2.24, 2.45) is 7.05 Å². The molecule has 164 valence electrons. The van der Waals surface area contributed by atoms with Crippen LogP contribution in [0.3, 0.4) is 0 Å². The maximum Gasteiger partial charge on any atom is 0.167 e. The van der Waals surface area contributed by atoms with Gasteiger partial charge in [-0.05, 0) is 18.2 Å². The summed E-state index contributed by atoms with van der Waals surface area (Å²) in [5, 5.41) is 4.55. The molecule has 1 aliphatic heterocycles. The summed E-state index contributed by atoms with van der Waals surface area (Å²) >= 11 is 6.26. The molecule has 0 aliphatic carbocycles. The highest BCUT2D eigenvalue weighted by atomic mass is 35.5. The normalized spacial score (nSPS) is 14.8. The summed E-state index contributed by atoms with van der Waals surface area (Å²) in [6, 6.07) is 5.12. The number of benzene rings is 1. The van der Waals surface area contributed by atoms with E-state index in [4.69, 9.17) is 26.3 Å². The average Bonchev–Trinajstić information content (AvgIpc) is 3.22. The van der Waals surface area contributed by atoms with Gasteiger partial charge < -0.3 is 9.64 Å². The molecule has 1 saturated heterocycles. The van der Waals surface area contributed by atoms with Crippen LogP contribution in [0.2, 0.25) is 5.15 Å². The lowest BCUT2D eigenvalue weighted by molar-refractivity contribution is 0.163. The minimum absolute atomic E-state index is 0.0635. The molecule has 0 atom stereocenters. The molecule has 0 amide bonds. The molecular formula is C22H19ClF2N6O. The second-order valence-electron chi connectivity index (χ2n) is 7.65. The predicted octanol–water partition coefficient (Wildman–Crippen LogP) is 4.40. The van der Waals surface area contributed by atoms with Crippen LogP contribution in [0.25, 0.3) is 22.3 Å². The van der Waals surface area contributed by atoms with Crippen LogP contribution in [0.15, 0.2) is 42.9 Å². The number of piperidine rings is 1. The number of hydrogen-bond donors (Lipinski definition) is 0. The van der Waals surface area contributed by atoms with E-state index in [1.807, 2.05) is 13.2 Å². The first-order valence-electron chi connectivity index (χ1n) is 10.2. The molecule has 5 rings (SSSR count). The van der Waals surface area contributed by atoms with Crippen LogP contribution in [0.1, 0.15) is 12.8 Å². The van der Waals surface area contributed by atoms with Gasteiger partial charge in [-0.1, -0.05) is 11.6 Å². The number of fused-ring (bicyclic) bond motifs is 1. The van der Waals surface area contributed by atoms with Gasteiger partial charge in [0.2, 0.25) is 0 Å². The van der Waals surface area contributed by atoms with Gasteiger partial charge in [0.25, 0.3) is 0 Å². The van der Waals surface area contributed by atoms with Crippen LogP contribution in [0.5, 0.6) is 5.75 Å². The quantitative estimate of drug-likeness (QED) is 0.424. The third-order valence-corrected chi connectivity index (χ3v) is 5.70. The van der Waals surface area contributed by atoms with E-state index in [-0.39, 0.29) is 11.9 Å². The number of aryl methyl sites for hydroxylation is 1. The number of halogens is 3. The van der Waals surface area contributed by atoms with Crippen LogP contribution < -0.4 is 9.64 Å². The molecule has 7 nitrogen and oxygen atoms in total. The summed E-state index contributed by atoms with van der Waals surface area (Å²) in [6.07, 6.45) is 6.33. The fourth-order valence-electron chi connectivity index (χ4n) is 3.83. The molecule has 0 bridgehead atoms. The standard InChI is InChI=1S/C22H19ClF2N6O/c1-30-12-13(11-27-30)19-22(28-17-4-7-26-21(23)20(17)29-19)31-8-5-15(6-9-31)32-18-3-2-14(24)10-16(18)25/h2-4,7,10-12,15H,5-6,8-9H2,1H3. The third-order valence-electron chi connectivity index (χ3n) is 5.43. The van der Waals surface area contributed by atoms with E-state index in [0.717, 1.165) is 17.4 Å². The smallest absolute Gasteiger partial charge is 0.167 e. The summed E-state index contributed by atoms with van der Waals surface area (Å²) in [5.41, 5.74) is 2.68. The highest BCUT2D eigenvalue weighted by Gasteiger charge is 2.26. The van der Waals surface area contributed by atoms with E-state index in [0.29, 0.717) is 47.8 Å². The highest BCUT2D eigenvalue weighted by molar-refractivity contribution is 6.33. The summed E-state index contributed by atoms with van der Waals surface area (Å²) in [5.74, 6) is -0.539. The zero-order valence-electron chi connectivity index (χ0n) is 17.2. The van der Waals surface area contributed by atoms with Crippen molar-refractivity contribution in [2.75, 3.05) is 18.0 Å². The zero-order chi connectivity index (χ0) is 22.2. The van der Waals surface area contributed by atoms with Crippen molar-refractivity contribution >= 4 is 28.5 Å². The molecule has 1 fully saturated rings. The first kappa shape index (κ1) is 20.6. The Balaban J connectivity index is 1.42. The molecule has 3 aromatic heterocycles. The van der Waals surface area contributed by atoms with Gasteiger partial charge in [-0.25, -0.2) is 23.7 Å². The first-order valence-corrected chi connectivity index (χ1v) is 10.5. The van der Waals surface area contributed by atoms with Gasteiger partial charge in [0, 0.05) is 57.0 Å². The fourth-order valence-corrected chi connectivity index (χ4v) is 4.03. The lowest BCUT2D eigenvalue weighted by Crippen LogP contribution is -2.39. The lowest BCUT2D eigenvalue weighted by atomic mass is 10.1. The van der Waals surface area contributed by atoms with Gasteiger partial charge in [0.1, 0.15) is 23.1 Å². The predicted molar refractivity (Wildman–Crippen MR) is 117 cm³/mol. The molecule has 32 heavy (non-hydrogen) atoms. The number of rotatable bonds is 4. The van der Waals surface area contributed by atoms with Gasteiger partial charge in [0.15, 0.2) is 22.5 Å². The zero-order valence-corrected chi connectivity index (χ0v) is 17.9. The van der Waals surface area contributed by atoms with Gasteiger partial charge in [-0.2, -0.15) is 5.10 Å². The molecular weight excluding hydrogens is 438 g/mol. The van der Waals surface area contributed by atoms with Gasteiger partial charge >= 0.3 is 0 Å². The van der Waals surface area contributed by atoms with Crippen LogP contribution in [0.4, 0.5) is 14.6 Å². The maximum absolute atomic E-state index is 14.0. The maximum atomic E-state index is 14.0. The second-order valence-corrected chi connectivity index (χ2v) is 8.01. The average molecular weight is 457 g/mol. The largest absolute Gasteiger partial charge is 0.487 e. The summed E-state index contributed by atoms with van der Waals surface area (Å²) in [6.45, 7) is 1.28. The summed E-state index contributed by atoms with van der Waals surface area (Å²) in [7, 11) is 1.84. The van der Waals surface area contributed by atoms with Crippen molar-refractivity contribution in [3.63, 3.8) is 0 Å². The van der Waals surface area contributed by atoms with E-state index in [1.54, 1.807) is 23.1 Å². The van der Waals surface area contributed by atoms with Crippen molar-refractivity contribution in [2.45, 2.75) is 18.9 Å². The van der Waals surface area contributed by atoms with Crippen molar-refractivity contribution in [3.05, 3.63) is 59.6 Å². The summed E-state index contributed by atoms with van der Waals surface area (Å²) in [4.78, 5) is 15.8. The Morgan fingerprint density at radius 1 is 1.12 bits per heavy atom. The Bertz CT molecular complexity index is 1290. The van der Waals surface area contributed by atoms with E-state index in [1.165, 1.54) is 12.1 Å². The first-order chi connectivity index (χ1) is 15.5. The molecule has 4 heterocycles. The Kier molecular flexibility index (Phi) is 5.34. The topological polar surface area (TPSA) is 69.0 Å². The number of anilines is 1. The Morgan fingerprint density at radius 3 is 2.66 bits per heavy atom. The van der Waals surface area contributed by atoms with E-state index in [2.05, 4.69) is 15.0 Å². The van der Waals surface area contributed by atoms with Gasteiger partial charge in [0.05, 0.1) is 11.7 Å². The molecule has 0 saturated carbocycles. The van der Waals surface area contributed by atoms with Crippen LogP contribution >= 0.6 is 11.6 Å². The molecule has 1 aliphatic rings. The van der Waals surface area contributed by atoms with Crippen LogP contribution in [-0.2, 0) is 7.05 Å². The number of hydrogen-bond acceptors (Lipinski definition) is 6. The fraction of sp³-hybridized carbons (Fsp3) is 0.273. The number of pyridine rings is 1. The molecule has 1 aromatic carbocycles. The molecule has 0 N–H and O–H groups in total. The SMILES string of the molecule is Cn1cc(-c2nc3c(Cl)nccc3nc2N2CCC(Oc3ccc(F)cc3F)CC2)cn1. The Hall–Kier alpha value is -3.33. The highest BCUT2D eigenvalue weighted by Crippen LogP contribution is 2.33. The van der Waals surface area contributed by atoms with E-state index >= 15 is 0 Å². The number of nitrogens with zero attached hydrogens (tertiary/aromatic N) is 6. The van der Waals surface area contributed by atoms with Crippen molar-refractivity contribution in [3.8, 4) is 17.0 Å². The van der Waals surface area contributed by atoms with Crippen molar-refractivity contribution in [1.82, 2.24) is 24.7 Å². The van der Waals surface area contributed by atoms with Crippen molar-refractivity contribution in [1.29, 1.82) is 0 Å². The second kappa shape index (κ2) is 8.31. The molecule has 0 spiro atoms. The Labute approximate surface area is 187 Å². The Morgan fingerprint density at radius 2 is 1.94 bits per heavy atom. The lowest BCUT2D eigenvalue weighted by Gasteiger charge is -2.33. The summed E-state index contributed by atoms with van der Waals surface area (Å²) < 4.78 is 34.6. The monoisotopic (exact) mass is 456 g/mol. The minimum atomic E-state index is -0.697. The van der Waals surface area contributed by atoms with E-state index < -0.39 is 11.6 Å². The van der Waals surface area contributed by atoms with Crippen LogP contribution in [0, 0.1) is 11.6 Å². The van der Waals surface area contributed by atoms with Gasteiger partial charge in [-0.15, -0.1) is 0 Å². The molecule has 0 radical (unpaired) electrons. The van der Waals surface area contributed by atoms with Crippen LogP contribution in [-0.4, -0.2) is 43.9 Å². The van der Waals surface area contributed by atoms with Crippen molar-refractivity contribution < 1.29 is 13.5 Å². The molecule has 10 heteroatoms. The number of aromatic nitrogens is 5. The van der Waals surface area contributed by atoms with Gasteiger partial charge in [-0.3, -0.25) is 4.68 Å². The number of ether oxygens (including phenoxy) is 1. The third kappa shape index (κ3) is 3.95. The minimum Gasteiger partial charge on any atom is -0.487 e. The molecule has 0 unspecified atom stereocenters. The van der Waals surface area contributed by atoms with E-state index in [9.17, 15) is 8.78 Å².